The minimum atomic E-state index is -3.43. The fourth-order valence-corrected chi connectivity index (χ4v) is 5.73. The van der Waals surface area contributed by atoms with Gasteiger partial charge in [-0.3, -0.25) is 4.98 Å². The van der Waals surface area contributed by atoms with E-state index in [0.29, 0.717) is 32.6 Å². The van der Waals surface area contributed by atoms with Crippen LogP contribution < -0.4 is 0 Å². The van der Waals surface area contributed by atoms with Crippen molar-refractivity contribution in [3.63, 3.8) is 0 Å². The summed E-state index contributed by atoms with van der Waals surface area (Å²) in [6.07, 6.45) is 2.45. The average molecular weight is 420 g/mol. The number of piperidine rings is 1. The highest BCUT2D eigenvalue weighted by Gasteiger charge is 2.33. The van der Waals surface area contributed by atoms with E-state index in [2.05, 4.69) is 6.07 Å². The van der Waals surface area contributed by atoms with Gasteiger partial charge in [0.25, 0.3) is 10.2 Å². The summed E-state index contributed by atoms with van der Waals surface area (Å²) in [5.74, 6) is -0.155. The molecule has 5 nitrogen and oxygen atoms in total. The number of hydrogen-bond acceptors (Lipinski definition) is 3. The zero-order chi connectivity index (χ0) is 21.0. The first-order valence-electron chi connectivity index (χ1n) is 10.3. The predicted molar refractivity (Wildman–Crippen MR) is 114 cm³/mol. The first kappa shape index (κ1) is 21.9. The number of pyridine rings is 1. The Bertz CT molecular complexity index is 928. The van der Waals surface area contributed by atoms with E-state index in [9.17, 15) is 12.8 Å². The molecule has 1 aromatic heterocycles. The average Bonchev–Trinajstić information content (AvgIpc) is 2.70. The van der Waals surface area contributed by atoms with Crippen LogP contribution in [0.4, 0.5) is 4.39 Å². The molecule has 1 saturated heterocycles. The summed E-state index contributed by atoms with van der Waals surface area (Å²) in [5.41, 5.74) is 4.02. The summed E-state index contributed by atoms with van der Waals surface area (Å²) in [4.78, 5) is 4.72. The van der Waals surface area contributed by atoms with Gasteiger partial charge in [0.15, 0.2) is 0 Å². The van der Waals surface area contributed by atoms with Crippen molar-refractivity contribution in [1.82, 2.24) is 13.6 Å². The van der Waals surface area contributed by atoms with Crippen LogP contribution in [0.2, 0.25) is 0 Å². The molecule has 1 aliphatic rings. The summed E-state index contributed by atoms with van der Waals surface area (Å²) in [6.45, 7) is 7.67. The van der Waals surface area contributed by atoms with Crippen LogP contribution >= 0.6 is 0 Å². The molecule has 0 amide bonds. The fourth-order valence-electron chi connectivity index (χ4n) is 4.02. The lowest BCUT2D eigenvalue weighted by Crippen LogP contribution is -2.47. The zero-order valence-corrected chi connectivity index (χ0v) is 18.3. The fraction of sp³-hybridized carbons (Fsp3) is 0.500. The summed E-state index contributed by atoms with van der Waals surface area (Å²) in [6, 6.07) is 10.7. The monoisotopic (exact) mass is 419 g/mol. The second kappa shape index (κ2) is 9.32. The maximum Gasteiger partial charge on any atom is 0.281 e. The Kier molecular flexibility index (Phi) is 7.03. The molecule has 1 fully saturated rings. The Labute approximate surface area is 173 Å². The van der Waals surface area contributed by atoms with E-state index in [0.717, 1.165) is 35.4 Å². The molecule has 0 bridgehead atoms. The Morgan fingerprint density at radius 1 is 1.14 bits per heavy atom. The molecule has 0 radical (unpaired) electrons. The highest BCUT2D eigenvalue weighted by molar-refractivity contribution is 7.86. The molecule has 3 rings (SSSR count). The highest BCUT2D eigenvalue weighted by Crippen LogP contribution is 2.29. The van der Waals surface area contributed by atoms with E-state index >= 15 is 0 Å². The maximum absolute atomic E-state index is 13.2. The molecule has 0 aliphatic carbocycles. The second-order valence-corrected chi connectivity index (χ2v) is 9.56. The normalized spacial score (nSPS) is 18.3. The summed E-state index contributed by atoms with van der Waals surface area (Å²) >= 11 is 0. The Hall–Kier alpha value is -1.83. The second-order valence-electron chi connectivity index (χ2n) is 7.63. The summed E-state index contributed by atoms with van der Waals surface area (Å²) < 4.78 is 42.1. The lowest BCUT2D eigenvalue weighted by molar-refractivity contribution is 0.285. The van der Waals surface area contributed by atoms with Gasteiger partial charge < -0.3 is 0 Å². The molecule has 0 spiro atoms. The predicted octanol–water partition coefficient (Wildman–Crippen LogP) is 3.89. The number of nitrogens with zero attached hydrogens (tertiary/aromatic N) is 3. The minimum Gasteiger partial charge on any atom is -0.258 e. The van der Waals surface area contributed by atoms with Crippen LogP contribution in [-0.2, 0) is 16.6 Å². The molecule has 0 N–H and O–H groups in total. The van der Waals surface area contributed by atoms with Crippen LogP contribution in [0, 0.1) is 12.7 Å². The van der Waals surface area contributed by atoms with Gasteiger partial charge in [0.2, 0.25) is 0 Å². The van der Waals surface area contributed by atoms with Gasteiger partial charge in [0.05, 0.1) is 0 Å². The standard InChI is InChI=1S/C22H30FN3O2S/c1-4-25(5-2)29(27,28)26-12-6-7-20(16-26)22-15-19(13-17(3)24-22)14-18-8-10-21(23)11-9-18/h8-11,13,15,20H,4-7,12,14,16H2,1-3H3/t20-/m1/s1. The van der Waals surface area contributed by atoms with Crippen LogP contribution in [-0.4, -0.2) is 48.2 Å². The Morgan fingerprint density at radius 3 is 2.48 bits per heavy atom. The van der Waals surface area contributed by atoms with Crippen LogP contribution in [0.1, 0.15) is 55.1 Å². The number of benzene rings is 1. The van der Waals surface area contributed by atoms with E-state index in [-0.39, 0.29) is 11.7 Å². The lowest BCUT2D eigenvalue weighted by Gasteiger charge is -2.35. The molecule has 2 aromatic rings. The third-order valence-electron chi connectivity index (χ3n) is 5.51. The largest absolute Gasteiger partial charge is 0.281 e. The highest BCUT2D eigenvalue weighted by atomic mass is 32.2. The molecule has 0 unspecified atom stereocenters. The number of aromatic nitrogens is 1. The number of rotatable bonds is 7. The van der Waals surface area contributed by atoms with Crippen molar-refractivity contribution in [3.05, 3.63) is 64.7 Å². The molecule has 1 aromatic carbocycles. The quantitative estimate of drug-likeness (QED) is 0.684. The van der Waals surface area contributed by atoms with E-state index in [1.807, 2.05) is 26.8 Å². The van der Waals surface area contributed by atoms with Crippen molar-refractivity contribution in [2.45, 2.75) is 46.0 Å². The molecular weight excluding hydrogens is 389 g/mol. The van der Waals surface area contributed by atoms with E-state index in [1.54, 1.807) is 16.4 Å². The smallest absolute Gasteiger partial charge is 0.258 e. The molecule has 158 valence electrons. The van der Waals surface area contributed by atoms with Crippen molar-refractivity contribution >= 4 is 10.2 Å². The number of halogens is 1. The third-order valence-corrected chi connectivity index (χ3v) is 7.67. The van der Waals surface area contributed by atoms with Crippen LogP contribution in [0.5, 0.6) is 0 Å². The van der Waals surface area contributed by atoms with Gasteiger partial charge in [-0.1, -0.05) is 26.0 Å². The van der Waals surface area contributed by atoms with Crippen LogP contribution in [0.25, 0.3) is 0 Å². The SMILES string of the molecule is CCN(CC)S(=O)(=O)N1CCC[C@@H](c2cc(Cc3ccc(F)cc3)cc(C)n2)C1. The molecule has 0 saturated carbocycles. The number of hydrogen-bond donors (Lipinski definition) is 0. The Morgan fingerprint density at radius 2 is 1.83 bits per heavy atom. The maximum atomic E-state index is 13.2. The third kappa shape index (κ3) is 5.21. The van der Waals surface area contributed by atoms with Gasteiger partial charge in [0, 0.05) is 43.5 Å². The summed E-state index contributed by atoms with van der Waals surface area (Å²) in [7, 11) is -3.43. The molecule has 29 heavy (non-hydrogen) atoms. The van der Waals surface area contributed by atoms with E-state index in [4.69, 9.17) is 4.98 Å². The van der Waals surface area contributed by atoms with Crippen molar-refractivity contribution in [3.8, 4) is 0 Å². The van der Waals surface area contributed by atoms with Gasteiger partial charge >= 0.3 is 0 Å². The number of aryl methyl sites for hydroxylation is 1. The van der Waals surface area contributed by atoms with E-state index < -0.39 is 10.2 Å². The minimum absolute atomic E-state index is 0.0842. The van der Waals surface area contributed by atoms with Crippen LogP contribution in [0.3, 0.4) is 0 Å². The van der Waals surface area contributed by atoms with Gasteiger partial charge in [-0.25, -0.2) is 4.39 Å². The summed E-state index contributed by atoms with van der Waals surface area (Å²) in [5, 5.41) is 0. The van der Waals surface area contributed by atoms with Crippen molar-refractivity contribution in [2.75, 3.05) is 26.2 Å². The molecule has 7 heteroatoms. The lowest BCUT2D eigenvalue weighted by atomic mass is 9.93. The van der Waals surface area contributed by atoms with Gasteiger partial charge in [-0.2, -0.15) is 17.0 Å². The van der Waals surface area contributed by atoms with Gasteiger partial charge in [-0.05, 0) is 61.6 Å². The van der Waals surface area contributed by atoms with Gasteiger partial charge in [-0.15, -0.1) is 0 Å². The van der Waals surface area contributed by atoms with E-state index in [1.165, 1.54) is 16.4 Å². The molecule has 1 atom stereocenters. The van der Waals surface area contributed by atoms with Crippen molar-refractivity contribution in [2.24, 2.45) is 0 Å². The first-order valence-corrected chi connectivity index (χ1v) is 11.7. The van der Waals surface area contributed by atoms with Crippen molar-refractivity contribution in [1.29, 1.82) is 0 Å². The van der Waals surface area contributed by atoms with Crippen molar-refractivity contribution < 1.29 is 12.8 Å². The topological polar surface area (TPSA) is 53.5 Å². The van der Waals surface area contributed by atoms with Crippen LogP contribution in [0.15, 0.2) is 36.4 Å². The molecule has 1 aliphatic heterocycles. The zero-order valence-electron chi connectivity index (χ0n) is 17.4. The Balaban J connectivity index is 1.81. The first-order chi connectivity index (χ1) is 13.8. The van der Waals surface area contributed by atoms with Gasteiger partial charge in [0.1, 0.15) is 5.82 Å². The molecular formula is C22H30FN3O2S. The molecule has 2 heterocycles.